The molecule has 1 amide bonds. The van der Waals surface area contributed by atoms with Crippen LogP contribution in [0.5, 0.6) is 5.75 Å². The highest BCUT2D eigenvalue weighted by molar-refractivity contribution is 5.87. The lowest BCUT2D eigenvalue weighted by Crippen LogP contribution is -2.32. The van der Waals surface area contributed by atoms with Crippen LogP contribution in [-0.2, 0) is 11.0 Å². The minimum absolute atomic E-state index is 0.222. The predicted octanol–water partition coefficient (Wildman–Crippen LogP) is 3.82. The Labute approximate surface area is 166 Å². The molecule has 2 atom stereocenters. The molecular formula is C20H21F3N4O2. The lowest BCUT2D eigenvalue weighted by Gasteiger charge is -2.32. The fourth-order valence-corrected chi connectivity index (χ4v) is 3.16. The second kappa shape index (κ2) is 8.10. The number of rotatable bonds is 5. The molecule has 0 fully saturated rings. The monoisotopic (exact) mass is 406 g/mol. The summed E-state index contributed by atoms with van der Waals surface area (Å²) >= 11 is 0. The van der Waals surface area contributed by atoms with Crippen molar-refractivity contribution in [1.29, 1.82) is 0 Å². The number of pyridine rings is 2. The van der Waals surface area contributed by atoms with Gasteiger partial charge in [0, 0.05) is 14.1 Å². The van der Waals surface area contributed by atoms with Crippen molar-refractivity contribution in [3.05, 3.63) is 60.1 Å². The van der Waals surface area contributed by atoms with Crippen LogP contribution in [0.15, 0.2) is 43.1 Å². The highest BCUT2D eigenvalue weighted by Gasteiger charge is 2.33. The number of carbonyl (C=O) groups excluding carboxylic acids is 1. The molecule has 0 saturated carbocycles. The van der Waals surface area contributed by atoms with E-state index in [1.807, 2.05) is 31.1 Å². The third-order valence-corrected chi connectivity index (χ3v) is 4.61. The molecule has 1 N–H and O–H groups in total. The normalized spacial score (nSPS) is 18.5. The van der Waals surface area contributed by atoms with Crippen LogP contribution in [0.2, 0.25) is 0 Å². The Bertz CT molecular complexity index is 898. The number of ether oxygens (including phenoxy) is 1. The van der Waals surface area contributed by atoms with E-state index in [-0.39, 0.29) is 17.7 Å². The summed E-state index contributed by atoms with van der Waals surface area (Å²) in [5.74, 6) is 0.641. The molecule has 2 heterocycles. The van der Waals surface area contributed by atoms with Crippen molar-refractivity contribution in [2.24, 2.45) is 0 Å². The van der Waals surface area contributed by atoms with Gasteiger partial charge in [-0.25, -0.2) is 9.97 Å². The van der Waals surface area contributed by atoms with E-state index in [1.54, 1.807) is 0 Å². The van der Waals surface area contributed by atoms with Gasteiger partial charge in [0.1, 0.15) is 23.4 Å². The third kappa shape index (κ3) is 4.67. The molecule has 1 aliphatic rings. The van der Waals surface area contributed by atoms with Gasteiger partial charge in [0.05, 0.1) is 17.9 Å². The number of hydrogen-bond donors (Lipinski definition) is 1. The maximum atomic E-state index is 12.7. The quantitative estimate of drug-likeness (QED) is 0.765. The number of halogens is 3. The van der Waals surface area contributed by atoms with E-state index in [1.165, 1.54) is 12.1 Å². The lowest BCUT2D eigenvalue weighted by molar-refractivity contribution is -0.141. The third-order valence-electron chi connectivity index (χ3n) is 4.61. The first-order chi connectivity index (χ1) is 13.7. The van der Waals surface area contributed by atoms with E-state index >= 15 is 0 Å². The summed E-state index contributed by atoms with van der Waals surface area (Å²) in [6.07, 6.45) is -1.59. The number of fused-ring (bicyclic) bond motifs is 1. The van der Waals surface area contributed by atoms with E-state index in [9.17, 15) is 18.0 Å². The van der Waals surface area contributed by atoms with Gasteiger partial charge in [-0.1, -0.05) is 12.6 Å². The van der Waals surface area contributed by atoms with Crippen LogP contribution >= 0.6 is 0 Å². The number of hydrogen-bond acceptors (Lipinski definition) is 5. The smallest absolute Gasteiger partial charge is 0.433 e. The second-order valence-electron chi connectivity index (χ2n) is 6.86. The van der Waals surface area contributed by atoms with Crippen molar-refractivity contribution < 1.29 is 22.7 Å². The maximum Gasteiger partial charge on any atom is 0.433 e. The number of nitrogens with one attached hydrogen (secondary N) is 1. The van der Waals surface area contributed by atoms with Gasteiger partial charge in [0.2, 0.25) is 5.91 Å². The summed E-state index contributed by atoms with van der Waals surface area (Å²) in [6, 6.07) is 5.61. The van der Waals surface area contributed by atoms with E-state index in [2.05, 4.69) is 21.9 Å². The Morgan fingerprint density at radius 2 is 2.03 bits per heavy atom. The van der Waals surface area contributed by atoms with Gasteiger partial charge >= 0.3 is 6.18 Å². The van der Waals surface area contributed by atoms with Crippen LogP contribution in [0.1, 0.15) is 41.9 Å². The molecule has 29 heavy (non-hydrogen) atoms. The number of aromatic nitrogens is 2. The van der Waals surface area contributed by atoms with Crippen LogP contribution in [0.25, 0.3) is 0 Å². The fraction of sp³-hybridized carbons (Fsp3) is 0.350. The molecule has 1 aliphatic carbocycles. The largest absolute Gasteiger partial charge is 0.482 e. The zero-order chi connectivity index (χ0) is 21.2. The van der Waals surface area contributed by atoms with Crippen LogP contribution in [-0.4, -0.2) is 30.0 Å². The summed E-state index contributed by atoms with van der Waals surface area (Å²) in [5, 5.41) is 2.88. The van der Waals surface area contributed by atoms with E-state index in [0.717, 1.165) is 17.8 Å². The number of nitrogens with zero attached hydrogens (tertiary/aromatic N) is 3. The summed E-state index contributed by atoms with van der Waals surface area (Å²) in [4.78, 5) is 21.7. The Hall–Kier alpha value is -3.10. The second-order valence-corrected chi connectivity index (χ2v) is 6.86. The fourth-order valence-electron chi connectivity index (χ4n) is 3.16. The van der Waals surface area contributed by atoms with Crippen LogP contribution < -0.4 is 15.0 Å². The molecule has 0 radical (unpaired) electrons. The van der Waals surface area contributed by atoms with E-state index in [0.29, 0.717) is 24.4 Å². The number of alkyl halides is 3. The molecule has 0 unspecified atom stereocenters. The van der Waals surface area contributed by atoms with Crippen molar-refractivity contribution in [3.8, 4) is 5.75 Å². The zero-order valence-corrected chi connectivity index (χ0v) is 16.0. The lowest BCUT2D eigenvalue weighted by atomic mass is 9.89. The zero-order valence-electron chi connectivity index (χ0n) is 16.0. The minimum atomic E-state index is -4.51. The average molecular weight is 406 g/mol. The number of anilines is 1. The van der Waals surface area contributed by atoms with Crippen molar-refractivity contribution in [1.82, 2.24) is 15.3 Å². The predicted molar refractivity (Wildman–Crippen MR) is 101 cm³/mol. The Morgan fingerprint density at radius 1 is 1.28 bits per heavy atom. The van der Waals surface area contributed by atoms with Gasteiger partial charge in [-0.3, -0.25) is 4.79 Å². The molecule has 0 aliphatic heterocycles. The maximum absolute atomic E-state index is 12.7. The van der Waals surface area contributed by atoms with Gasteiger partial charge in [-0.05, 0) is 42.7 Å². The molecule has 0 aromatic carbocycles. The Kier molecular flexibility index (Phi) is 5.76. The topological polar surface area (TPSA) is 67.3 Å². The first-order valence-corrected chi connectivity index (χ1v) is 9.00. The van der Waals surface area contributed by atoms with Crippen molar-refractivity contribution in [3.63, 3.8) is 0 Å². The van der Waals surface area contributed by atoms with Gasteiger partial charge in [0.15, 0.2) is 0 Å². The summed E-state index contributed by atoms with van der Waals surface area (Å²) in [7, 11) is 3.70. The van der Waals surface area contributed by atoms with Gasteiger partial charge < -0.3 is 15.0 Å². The molecule has 0 spiro atoms. The molecule has 3 rings (SSSR count). The molecule has 2 aromatic heterocycles. The molecule has 154 valence electrons. The highest BCUT2D eigenvalue weighted by Crippen LogP contribution is 2.39. The summed E-state index contributed by atoms with van der Waals surface area (Å²) < 4.78 is 44.1. The van der Waals surface area contributed by atoms with Gasteiger partial charge in [0.25, 0.3) is 0 Å². The molecule has 0 saturated heterocycles. The van der Waals surface area contributed by atoms with Crippen molar-refractivity contribution in [2.75, 3.05) is 19.0 Å². The average Bonchev–Trinajstić information content (AvgIpc) is 2.69. The molecule has 2 aromatic rings. The van der Waals surface area contributed by atoms with Crippen molar-refractivity contribution >= 4 is 11.7 Å². The number of amides is 1. The Morgan fingerprint density at radius 3 is 2.62 bits per heavy atom. The van der Waals surface area contributed by atoms with Crippen LogP contribution in [0.3, 0.4) is 0 Å². The Balaban J connectivity index is 1.89. The van der Waals surface area contributed by atoms with E-state index in [4.69, 9.17) is 4.74 Å². The standard InChI is InChI=1S/C20H21F3N4O2/c1-4-18(28)25-14-7-8-15(19-13(14)6-10-17(26-19)27(2)3)29-12-5-9-16(24-11-12)20(21,22)23/h4-6,9-11,14-15H,1,7-8H2,2-3H3,(H,25,28)/t14-,15+/m0/s1. The first kappa shape index (κ1) is 20.6. The van der Waals surface area contributed by atoms with E-state index < -0.39 is 18.0 Å². The first-order valence-electron chi connectivity index (χ1n) is 9.00. The van der Waals surface area contributed by atoms with Crippen LogP contribution in [0.4, 0.5) is 19.0 Å². The molecule has 9 heteroatoms. The number of carbonyl (C=O) groups is 1. The van der Waals surface area contributed by atoms with Crippen LogP contribution in [0, 0.1) is 0 Å². The van der Waals surface area contributed by atoms with Gasteiger partial charge in [-0.2, -0.15) is 13.2 Å². The molecule has 6 nitrogen and oxygen atoms in total. The molecular weight excluding hydrogens is 385 g/mol. The molecule has 0 bridgehead atoms. The minimum Gasteiger partial charge on any atom is -0.482 e. The van der Waals surface area contributed by atoms with Gasteiger partial charge in [-0.15, -0.1) is 0 Å². The van der Waals surface area contributed by atoms with Crippen molar-refractivity contribution in [2.45, 2.75) is 31.2 Å². The summed E-state index contributed by atoms with van der Waals surface area (Å²) in [5.41, 5.74) is 0.466. The SMILES string of the molecule is C=CC(=O)N[C@H]1CC[C@@H](Oc2ccc(C(F)(F)F)nc2)c2nc(N(C)C)ccc21. The summed E-state index contributed by atoms with van der Waals surface area (Å²) in [6.45, 7) is 3.47. The highest BCUT2D eigenvalue weighted by atomic mass is 19.4.